The Morgan fingerprint density at radius 1 is 1.24 bits per heavy atom. The topological polar surface area (TPSA) is 90.6 Å². The van der Waals surface area contributed by atoms with Crippen LogP contribution in [0.15, 0.2) is 46.2 Å². The van der Waals surface area contributed by atoms with Gasteiger partial charge in [0.15, 0.2) is 9.99 Å². The zero-order valence-electron chi connectivity index (χ0n) is 15.2. The van der Waals surface area contributed by atoms with Crippen molar-refractivity contribution in [1.82, 2.24) is 29.9 Å². The molecule has 4 aromatic rings. The Kier molecular flexibility index (Phi) is 5.08. The van der Waals surface area contributed by atoms with Crippen LogP contribution in [0.25, 0.3) is 16.7 Å². The van der Waals surface area contributed by atoms with E-state index in [1.807, 2.05) is 0 Å². The van der Waals surface area contributed by atoms with Gasteiger partial charge in [-0.15, -0.1) is 10.2 Å². The van der Waals surface area contributed by atoms with Gasteiger partial charge in [0.1, 0.15) is 17.2 Å². The van der Waals surface area contributed by atoms with Crippen LogP contribution in [0.1, 0.15) is 12.8 Å². The number of fused-ring (bicyclic) bond motifs is 1. The zero-order chi connectivity index (χ0) is 19.6. The highest BCUT2D eigenvalue weighted by atomic mass is 32.2. The molecule has 0 bridgehead atoms. The second-order valence-electron chi connectivity index (χ2n) is 6.44. The van der Waals surface area contributed by atoms with Crippen molar-refractivity contribution < 1.29 is 9.13 Å². The maximum atomic E-state index is 13.2. The first-order valence-electron chi connectivity index (χ1n) is 9.08. The van der Waals surface area contributed by atoms with Gasteiger partial charge >= 0.3 is 0 Å². The van der Waals surface area contributed by atoms with Gasteiger partial charge in [-0.2, -0.15) is 5.10 Å². The molecule has 0 spiro atoms. The SMILES string of the molecule is Fc1ccc(-n2ncc3c(Sc4nnc(NC[C@H]5CCCO5)s4)ncnc32)cc1. The van der Waals surface area contributed by atoms with Crippen molar-refractivity contribution in [3.63, 3.8) is 0 Å². The minimum absolute atomic E-state index is 0.244. The van der Waals surface area contributed by atoms with E-state index in [0.29, 0.717) is 5.65 Å². The van der Waals surface area contributed by atoms with Gasteiger partial charge < -0.3 is 10.1 Å². The summed E-state index contributed by atoms with van der Waals surface area (Å²) in [4.78, 5) is 8.72. The van der Waals surface area contributed by atoms with Crippen LogP contribution in [0.4, 0.5) is 9.52 Å². The summed E-state index contributed by atoms with van der Waals surface area (Å²) in [6, 6.07) is 6.11. The smallest absolute Gasteiger partial charge is 0.206 e. The summed E-state index contributed by atoms with van der Waals surface area (Å²) in [5.74, 6) is -0.295. The molecule has 0 unspecified atom stereocenters. The lowest BCUT2D eigenvalue weighted by Crippen LogP contribution is -2.18. The summed E-state index contributed by atoms with van der Waals surface area (Å²) < 4.78 is 21.3. The van der Waals surface area contributed by atoms with Gasteiger partial charge in [-0.1, -0.05) is 11.3 Å². The van der Waals surface area contributed by atoms with Crippen molar-refractivity contribution in [2.75, 3.05) is 18.5 Å². The van der Waals surface area contributed by atoms with Crippen molar-refractivity contribution in [1.29, 1.82) is 0 Å². The highest BCUT2D eigenvalue weighted by Gasteiger charge is 2.17. The molecule has 1 fully saturated rings. The molecule has 11 heteroatoms. The van der Waals surface area contributed by atoms with Crippen molar-refractivity contribution in [2.45, 2.75) is 28.3 Å². The minimum Gasteiger partial charge on any atom is -0.376 e. The molecule has 0 aliphatic carbocycles. The van der Waals surface area contributed by atoms with Crippen molar-refractivity contribution in [2.24, 2.45) is 0 Å². The molecular weight excluding hydrogens is 413 g/mol. The van der Waals surface area contributed by atoms with E-state index in [4.69, 9.17) is 4.74 Å². The van der Waals surface area contributed by atoms with Crippen LogP contribution in [0.2, 0.25) is 0 Å². The molecule has 3 aromatic heterocycles. The summed E-state index contributed by atoms with van der Waals surface area (Å²) in [5.41, 5.74) is 1.38. The van der Waals surface area contributed by atoms with Gasteiger partial charge in [0.05, 0.1) is 23.4 Å². The van der Waals surface area contributed by atoms with Gasteiger partial charge in [-0.05, 0) is 48.9 Å². The standard InChI is InChI=1S/C18H16FN7OS2/c19-11-3-5-12(6-4-11)26-15-14(9-23-26)16(22-10-21-15)28-18-25-24-17(29-18)20-8-13-2-1-7-27-13/h3-6,9-10,13H,1-2,7-8H2,(H,20,24)/t13-/m1/s1. The highest BCUT2D eigenvalue weighted by Crippen LogP contribution is 2.34. The third-order valence-corrected chi connectivity index (χ3v) is 6.45. The summed E-state index contributed by atoms with van der Waals surface area (Å²) in [5, 5.41) is 18.4. The van der Waals surface area contributed by atoms with Gasteiger partial charge in [-0.3, -0.25) is 0 Å². The van der Waals surface area contributed by atoms with Crippen LogP contribution in [0.5, 0.6) is 0 Å². The lowest BCUT2D eigenvalue weighted by molar-refractivity contribution is 0.120. The summed E-state index contributed by atoms with van der Waals surface area (Å²) in [7, 11) is 0. The molecule has 148 valence electrons. The predicted octanol–water partition coefficient (Wildman–Crippen LogP) is 3.55. The van der Waals surface area contributed by atoms with E-state index in [0.717, 1.165) is 51.6 Å². The lowest BCUT2D eigenvalue weighted by Gasteiger charge is -2.08. The number of hydrogen-bond donors (Lipinski definition) is 1. The van der Waals surface area contributed by atoms with Crippen LogP contribution in [-0.4, -0.2) is 49.2 Å². The molecule has 1 aromatic carbocycles. The first-order valence-corrected chi connectivity index (χ1v) is 10.7. The maximum absolute atomic E-state index is 13.2. The minimum atomic E-state index is -0.295. The normalized spacial score (nSPS) is 16.5. The quantitative estimate of drug-likeness (QED) is 0.466. The monoisotopic (exact) mass is 429 g/mol. The fourth-order valence-electron chi connectivity index (χ4n) is 3.09. The summed E-state index contributed by atoms with van der Waals surface area (Å²) in [6.07, 6.45) is 5.63. The molecule has 8 nitrogen and oxygen atoms in total. The second kappa shape index (κ2) is 8.01. The molecule has 1 aliphatic rings. The Morgan fingerprint density at radius 3 is 2.97 bits per heavy atom. The molecule has 0 saturated carbocycles. The Morgan fingerprint density at radius 2 is 2.14 bits per heavy atom. The van der Waals surface area contributed by atoms with Gasteiger partial charge in [0.25, 0.3) is 0 Å². The predicted molar refractivity (Wildman–Crippen MR) is 108 cm³/mol. The second-order valence-corrected chi connectivity index (χ2v) is 8.65. The third-order valence-electron chi connectivity index (χ3n) is 4.50. The molecule has 0 amide bonds. The van der Waals surface area contributed by atoms with Crippen LogP contribution in [0.3, 0.4) is 0 Å². The molecule has 1 atom stereocenters. The Bertz CT molecular complexity index is 1120. The van der Waals surface area contributed by atoms with Crippen molar-refractivity contribution in [3.05, 3.63) is 42.6 Å². The van der Waals surface area contributed by atoms with Crippen LogP contribution < -0.4 is 5.32 Å². The Balaban J connectivity index is 1.35. The summed E-state index contributed by atoms with van der Waals surface area (Å²) >= 11 is 2.89. The van der Waals surface area contributed by atoms with E-state index in [2.05, 4.69) is 30.6 Å². The molecule has 1 aliphatic heterocycles. The largest absolute Gasteiger partial charge is 0.376 e. The zero-order valence-corrected chi connectivity index (χ0v) is 16.8. The molecule has 4 heterocycles. The number of aromatic nitrogens is 6. The average molecular weight is 430 g/mol. The summed E-state index contributed by atoms with van der Waals surface area (Å²) in [6.45, 7) is 1.57. The number of ether oxygens (including phenoxy) is 1. The molecule has 0 radical (unpaired) electrons. The van der Waals surface area contributed by atoms with E-state index < -0.39 is 0 Å². The molecule has 1 N–H and O–H groups in total. The fraction of sp³-hybridized carbons (Fsp3) is 0.278. The number of halogens is 1. The number of anilines is 1. The van der Waals surface area contributed by atoms with Crippen molar-refractivity contribution in [3.8, 4) is 5.69 Å². The number of rotatable bonds is 6. The number of benzene rings is 1. The van der Waals surface area contributed by atoms with E-state index >= 15 is 0 Å². The van der Waals surface area contributed by atoms with Gasteiger partial charge in [0, 0.05) is 13.2 Å². The van der Waals surface area contributed by atoms with E-state index in [9.17, 15) is 4.39 Å². The first kappa shape index (κ1) is 18.4. The number of nitrogens with one attached hydrogen (secondary N) is 1. The van der Waals surface area contributed by atoms with E-state index in [-0.39, 0.29) is 11.9 Å². The van der Waals surface area contributed by atoms with Crippen molar-refractivity contribution >= 4 is 39.3 Å². The molecular formula is C18H16FN7OS2. The molecule has 5 rings (SSSR count). The van der Waals surface area contributed by atoms with Crippen LogP contribution >= 0.6 is 23.1 Å². The lowest BCUT2D eigenvalue weighted by atomic mass is 10.2. The number of nitrogens with zero attached hydrogens (tertiary/aromatic N) is 6. The third kappa shape index (κ3) is 3.93. The van der Waals surface area contributed by atoms with Crippen LogP contribution in [0, 0.1) is 5.82 Å². The Labute approximate surface area is 173 Å². The van der Waals surface area contributed by atoms with Gasteiger partial charge in [0.2, 0.25) is 5.13 Å². The van der Waals surface area contributed by atoms with Crippen LogP contribution in [-0.2, 0) is 4.74 Å². The number of hydrogen-bond acceptors (Lipinski definition) is 9. The van der Waals surface area contributed by atoms with E-state index in [1.165, 1.54) is 41.6 Å². The molecule has 29 heavy (non-hydrogen) atoms. The average Bonchev–Trinajstić information content (AvgIpc) is 3.48. The Hall–Kier alpha value is -2.63. The van der Waals surface area contributed by atoms with Gasteiger partial charge in [-0.25, -0.2) is 19.0 Å². The molecule has 1 saturated heterocycles. The highest BCUT2D eigenvalue weighted by molar-refractivity contribution is 8.01. The fourth-order valence-corrected chi connectivity index (χ4v) is 4.81. The van der Waals surface area contributed by atoms with E-state index in [1.54, 1.807) is 23.0 Å². The maximum Gasteiger partial charge on any atom is 0.206 e. The first-order chi connectivity index (χ1) is 14.3.